The second kappa shape index (κ2) is 5.14. The van der Waals surface area contributed by atoms with Crippen molar-refractivity contribution in [3.05, 3.63) is 54.4 Å². The van der Waals surface area contributed by atoms with Crippen molar-refractivity contribution in [1.29, 1.82) is 0 Å². The Morgan fingerprint density at radius 1 is 1.11 bits per heavy atom. The SMILES string of the molecule is O=S(=O)(F)c1ccccc1OCc1ccccn1. The van der Waals surface area contributed by atoms with E-state index in [-0.39, 0.29) is 12.4 Å². The van der Waals surface area contributed by atoms with E-state index in [1.807, 2.05) is 0 Å². The Labute approximate surface area is 104 Å². The molecule has 94 valence electrons. The minimum Gasteiger partial charge on any atom is -0.486 e. The van der Waals surface area contributed by atoms with Crippen LogP contribution in [-0.4, -0.2) is 13.4 Å². The van der Waals surface area contributed by atoms with Crippen LogP contribution >= 0.6 is 0 Å². The van der Waals surface area contributed by atoms with E-state index in [0.717, 1.165) is 6.07 Å². The summed E-state index contributed by atoms with van der Waals surface area (Å²) in [6.45, 7) is 0.0768. The van der Waals surface area contributed by atoms with Gasteiger partial charge in [0.15, 0.2) is 0 Å². The highest BCUT2D eigenvalue weighted by atomic mass is 32.3. The lowest BCUT2D eigenvalue weighted by Gasteiger charge is -2.08. The molecule has 0 bridgehead atoms. The number of halogens is 1. The molecule has 2 rings (SSSR count). The minimum atomic E-state index is -4.78. The molecule has 0 amide bonds. The van der Waals surface area contributed by atoms with E-state index in [4.69, 9.17) is 4.74 Å². The first-order valence-electron chi connectivity index (χ1n) is 5.14. The fourth-order valence-corrected chi connectivity index (χ4v) is 2.01. The molecule has 6 heteroatoms. The molecule has 0 spiro atoms. The number of nitrogens with zero attached hydrogens (tertiary/aromatic N) is 1. The molecular weight excluding hydrogens is 257 g/mol. The number of pyridine rings is 1. The number of hydrogen-bond acceptors (Lipinski definition) is 4. The molecule has 0 N–H and O–H groups in total. The average Bonchev–Trinajstić information content (AvgIpc) is 2.37. The van der Waals surface area contributed by atoms with Gasteiger partial charge in [-0.15, -0.1) is 3.89 Å². The van der Waals surface area contributed by atoms with E-state index in [0.29, 0.717) is 5.69 Å². The molecule has 0 radical (unpaired) electrons. The van der Waals surface area contributed by atoms with Gasteiger partial charge in [0.05, 0.1) is 5.69 Å². The lowest BCUT2D eigenvalue weighted by atomic mass is 10.3. The molecule has 2 aromatic rings. The summed E-state index contributed by atoms with van der Waals surface area (Å²) < 4.78 is 40.1. The zero-order valence-electron chi connectivity index (χ0n) is 9.28. The fourth-order valence-electron chi connectivity index (χ4n) is 1.41. The number of aromatic nitrogens is 1. The first kappa shape index (κ1) is 12.5. The monoisotopic (exact) mass is 267 g/mol. The van der Waals surface area contributed by atoms with Crippen molar-refractivity contribution in [2.75, 3.05) is 0 Å². The van der Waals surface area contributed by atoms with E-state index in [1.54, 1.807) is 30.5 Å². The summed E-state index contributed by atoms with van der Waals surface area (Å²) in [6, 6.07) is 10.8. The third-order valence-corrected chi connectivity index (χ3v) is 3.08. The smallest absolute Gasteiger partial charge is 0.335 e. The van der Waals surface area contributed by atoms with Crippen LogP contribution in [-0.2, 0) is 16.8 Å². The Hall–Kier alpha value is -1.95. The first-order chi connectivity index (χ1) is 8.57. The maximum Gasteiger partial charge on any atom is 0.335 e. The van der Waals surface area contributed by atoms with Gasteiger partial charge in [-0.1, -0.05) is 18.2 Å². The predicted molar refractivity (Wildman–Crippen MR) is 63.3 cm³/mol. The summed E-state index contributed by atoms with van der Waals surface area (Å²) in [4.78, 5) is 3.55. The lowest BCUT2D eigenvalue weighted by molar-refractivity contribution is 0.292. The van der Waals surface area contributed by atoms with E-state index in [2.05, 4.69) is 4.98 Å². The van der Waals surface area contributed by atoms with Crippen molar-refractivity contribution in [2.45, 2.75) is 11.5 Å². The van der Waals surface area contributed by atoms with Crippen molar-refractivity contribution in [2.24, 2.45) is 0 Å². The molecule has 0 unspecified atom stereocenters. The summed E-state index contributed by atoms with van der Waals surface area (Å²) in [6.07, 6.45) is 1.59. The summed E-state index contributed by atoms with van der Waals surface area (Å²) in [7, 11) is -4.78. The quantitative estimate of drug-likeness (QED) is 0.798. The van der Waals surface area contributed by atoms with Crippen LogP contribution in [0.25, 0.3) is 0 Å². The standard InChI is InChI=1S/C12H10FNO3S/c13-18(15,16)12-7-2-1-6-11(12)17-9-10-5-3-4-8-14-10/h1-8H,9H2. The van der Waals surface area contributed by atoms with Crippen LogP contribution < -0.4 is 4.74 Å². The van der Waals surface area contributed by atoms with Crippen LogP contribution in [0.2, 0.25) is 0 Å². The van der Waals surface area contributed by atoms with Crippen molar-refractivity contribution in [3.8, 4) is 5.75 Å². The summed E-state index contributed by atoms with van der Waals surface area (Å²) >= 11 is 0. The van der Waals surface area contributed by atoms with Gasteiger partial charge < -0.3 is 4.74 Å². The normalized spacial score (nSPS) is 11.2. The van der Waals surface area contributed by atoms with Crippen LogP contribution in [0, 0.1) is 0 Å². The highest BCUT2D eigenvalue weighted by molar-refractivity contribution is 7.86. The first-order valence-corrected chi connectivity index (χ1v) is 6.52. The second-order valence-electron chi connectivity index (χ2n) is 3.49. The molecule has 4 nitrogen and oxygen atoms in total. The fraction of sp³-hybridized carbons (Fsp3) is 0.0833. The van der Waals surface area contributed by atoms with Gasteiger partial charge in [-0.25, -0.2) is 0 Å². The Morgan fingerprint density at radius 2 is 1.83 bits per heavy atom. The van der Waals surface area contributed by atoms with Gasteiger partial charge >= 0.3 is 10.2 Å². The Bertz CT molecular complexity index is 629. The molecule has 0 aliphatic heterocycles. The number of rotatable bonds is 4. The van der Waals surface area contributed by atoms with Crippen LogP contribution in [0.5, 0.6) is 5.75 Å². The Morgan fingerprint density at radius 3 is 2.50 bits per heavy atom. The van der Waals surface area contributed by atoms with Gasteiger partial charge in [0.25, 0.3) is 0 Å². The maximum atomic E-state index is 13.0. The van der Waals surface area contributed by atoms with Gasteiger partial charge in [0.1, 0.15) is 17.3 Å². The molecule has 0 aliphatic carbocycles. The highest BCUT2D eigenvalue weighted by Gasteiger charge is 2.17. The minimum absolute atomic E-state index is 0.0225. The molecular formula is C12H10FNO3S. The molecule has 1 heterocycles. The number of benzene rings is 1. The van der Waals surface area contributed by atoms with Gasteiger partial charge in [0, 0.05) is 6.20 Å². The number of para-hydroxylation sites is 1. The molecule has 0 atom stereocenters. The Kier molecular flexibility index (Phi) is 3.57. The summed E-state index contributed by atoms with van der Waals surface area (Å²) in [5.41, 5.74) is 0.628. The average molecular weight is 267 g/mol. The number of ether oxygens (including phenoxy) is 1. The topological polar surface area (TPSA) is 56.3 Å². The molecule has 1 aromatic heterocycles. The van der Waals surface area contributed by atoms with Crippen molar-refractivity contribution in [1.82, 2.24) is 4.98 Å². The predicted octanol–water partition coefficient (Wildman–Crippen LogP) is 2.32. The van der Waals surface area contributed by atoms with E-state index in [9.17, 15) is 12.3 Å². The molecule has 0 saturated heterocycles. The largest absolute Gasteiger partial charge is 0.486 e. The molecule has 0 fully saturated rings. The molecule has 1 aromatic carbocycles. The molecule has 0 aliphatic rings. The van der Waals surface area contributed by atoms with Crippen molar-refractivity contribution >= 4 is 10.2 Å². The van der Waals surface area contributed by atoms with Gasteiger partial charge in [0.2, 0.25) is 0 Å². The third kappa shape index (κ3) is 3.04. The third-order valence-electron chi connectivity index (χ3n) is 2.21. The maximum absolute atomic E-state index is 13.0. The molecule has 0 saturated carbocycles. The van der Waals surface area contributed by atoms with Crippen LogP contribution in [0.15, 0.2) is 53.6 Å². The van der Waals surface area contributed by atoms with Crippen LogP contribution in [0.1, 0.15) is 5.69 Å². The number of hydrogen-bond donors (Lipinski definition) is 0. The van der Waals surface area contributed by atoms with Crippen LogP contribution in [0.4, 0.5) is 3.89 Å². The van der Waals surface area contributed by atoms with Gasteiger partial charge in [-0.05, 0) is 24.3 Å². The van der Waals surface area contributed by atoms with Crippen LogP contribution in [0.3, 0.4) is 0 Å². The summed E-state index contributed by atoms with van der Waals surface area (Å²) in [5.74, 6) is -0.0225. The molecule has 18 heavy (non-hydrogen) atoms. The zero-order chi connectivity index (χ0) is 13.0. The van der Waals surface area contributed by atoms with E-state index >= 15 is 0 Å². The summed E-state index contributed by atoms with van der Waals surface area (Å²) in [5, 5.41) is 0. The van der Waals surface area contributed by atoms with E-state index in [1.165, 1.54) is 12.1 Å². The zero-order valence-corrected chi connectivity index (χ0v) is 10.1. The Balaban J connectivity index is 2.20. The lowest BCUT2D eigenvalue weighted by Crippen LogP contribution is -2.02. The van der Waals surface area contributed by atoms with Gasteiger partial charge in [-0.3, -0.25) is 4.98 Å². The highest BCUT2D eigenvalue weighted by Crippen LogP contribution is 2.25. The van der Waals surface area contributed by atoms with Crippen molar-refractivity contribution in [3.63, 3.8) is 0 Å². The second-order valence-corrected chi connectivity index (χ2v) is 4.81. The van der Waals surface area contributed by atoms with Gasteiger partial charge in [-0.2, -0.15) is 8.42 Å². The van der Waals surface area contributed by atoms with E-state index < -0.39 is 15.1 Å². The van der Waals surface area contributed by atoms with Crippen molar-refractivity contribution < 1.29 is 17.0 Å².